The molecule has 5 heteroatoms. The number of hydrogen-bond acceptors (Lipinski definition) is 3. The summed E-state index contributed by atoms with van der Waals surface area (Å²) in [7, 11) is 0. The first-order valence-electron chi connectivity index (χ1n) is 7.72. The zero-order chi connectivity index (χ0) is 15.7. The SMILES string of the molecule is CC(C)(C)OC(=O)NC(C)(C)c1cncn1C1CCCC1. The number of carbonyl (C=O) groups is 1. The Balaban J connectivity index is 2.12. The van der Waals surface area contributed by atoms with E-state index in [0.29, 0.717) is 6.04 Å². The lowest BCUT2D eigenvalue weighted by Crippen LogP contribution is -2.45. The van der Waals surface area contributed by atoms with Crippen LogP contribution >= 0.6 is 0 Å². The lowest BCUT2D eigenvalue weighted by atomic mass is 10.0. The molecule has 0 aromatic carbocycles. The van der Waals surface area contributed by atoms with Gasteiger partial charge in [-0.15, -0.1) is 0 Å². The smallest absolute Gasteiger partial charge is 0.408 e. The van der Waals surface area contributed by atoms with Gasteiger partial charge in [0, 0.05) is 6.04 Å². The Morgan fingerprint density at radius 1 is 1.29 bits per heavy atom. The molecular formula is C16H27N3O2. The predicted octanol–water partition coefficient (Wildman–Crippen LogP) is 3.76. The predicted molar refractivity (Wildman–Crippen MR) is 82.1 cm³/mol. The van der Waals surface area contributed by atoms with Gasteiger partial charge in [-0.3, -0.25) is 0 Å². The molecule has 1 aliphatic rings. The molecule has 1 aliphatic carbocycles. The highest BCUT2D eigenvalue weighted by Crippen LogP contribution is 2.33. The lowest BCUT2D eigenvalue weighted by Gasteiger charge is -2.30. The van der Waals surface area contributed by atoms with Gasteiger partial charge in [0.1, 0.15) is 5.60 Å². The molecule has 1 fully saturated rings. The summed E-state index contributed by atoms with van der Waals surface area (Å²) in [5.41, 5.74) is 0.0214. The number of aromatic nitrogens is 2. The van der Waals surface area contributed by atoms with Crippen molar-refractivity contribution >= 4 is 6.09 Å². The Morgan fingerprint density at radius 3 is 2.48 bits per heavy atom. The van der Waals surface area contributed by atoms with Crippen molar-refractivity contribution in [1.82, 2.24) is 14.9 Å². The number of nitrogens with zero attached hydrogens (tertiary/aromatic N) is 2. The highest BCUT2D eigenvalue weighted by Gasteiger charge is 2.31. The fraction of sp³-hybridized carbons (Fsp3) is 0.750. The van der Waals surface area contributed by atoms with Crippen molar-refractivity contribution in [2.24, 2.45) is 0 Å². The van der Waals surface area contributed by atoms with E-state index >= 15 is 0 Å². The van der Waals surface area contributed by atoms with Gasteiger partial charge in [0.05, 0.1) is 23.8 Å². The monoisotopic (exact) mass is 293 g/mol. The van der Waals surface area contributed by atoms with E-state index in [9.17, 15) is 4.79 Å². The molecule has 1 aromatic rings. The average Bonchev–Trinajstić information content (AvgIpc) is 2.96. The number of imidazole rings is 1. The molecule has 0 spiro atoms. The minimum Gasteiger partial charge on any atom is -0.444 e. The number of amides is 1. The number of ether oxygens (including phenoxy) is 1. The summed E-state index contributed by atoms with van der Waals surface area (Å²) < 4.78 is 7.57. The Morgan fingerprint density at radius 2 is 1.90 bits per heavy atom. The maximum atomic E-state index is 12.0. The second-order valence-corrected chi connectivity index (χ2v) is 7.38. The van der Waals surface area contributed by atoms with Crippen molar-refractivity contribution in [3.8, 4) is 0 Å². The summed E-state index contributed by atoms with van der Waals surface area (Å²) in [6, 6.07) is 0.502. The largest absolute Gasteiger partial charge is 0.444 e. The number of rotatable bonds is 3. The molecule has 1 saturated carbocycles. The van der Waals surface area contributed by atoms with Gasteiger partial charge < -0.3 is 14.6 Å². The molecule has 118 valence electrons. The third kappa shape index (κ3) is 3.99. The lowest BCUT2D eigenvalue weighted by molar-refractivity contribution is 0.0466. The van der Waals surface area contributed by atoms with Crippen molar-refractivity contribution < 1.29 is 9.53 Å². The van der Waals surface area contributed by atoms with Crippen LogP contribution < -0.4 is 5.32 Å². The van der Waals surface area contributed by atoms with E-state index in [-0.39, 0.29) is 0 Å². The van der Waals surface area contributed by atoms with Gasteiger partial charge in [-0.1, -0.05) is 12.8 Å². The summed E-state index contributed by atoms with van der Waals surface area (Å²) in [6.45, 7) is 9.56. The van der Waals surface area contributed by atoms with Gasteiger partial charge in [-0.2, -0.15) is 0 Å². The molecule has 21 heavy (non-hydrogen) atoms. The molecule has 0 radical (unpaired) electrons. The van der Waals surface area contributed by atoms with Crippen molar-refractivity contribution in [3.63, 3.8) is 0 Å². The van der Waals surface area contributed by atoms with Gasteiger partial charge in [0.2, 0.25) is 0 Å². The van der Waals surface area contributed by atoms with Crippen molar-refractivity contribution in [1.29, 1.82) is 0 Å². The van der Waals surface area contributed by atoms with E-state index in [1.807, 2.05) is 47.1 Å². The van der Waals surface area contributed by atoms with Crippen molar-refractivity contribution in [3.05, 3.63) is 18.2 Å². The first-order chi connectivity index (χ1) is 9.69. The van der Waals surface area contributed by atoms with Gasteiger partial charge in [0.15, 0.2) is 0 Å². The summed E-state index contributed by atoms with van der Waals surface area (Å²) in [5.74, 6) is 0. The number of carbonyl (C=O) groups excluding carboxylic acids is 1. The molecule has 1 aromatic heterocycles. The van der Waals surface area contributed by atoms with Crippen LogP contribution in [0.1, 0.15) is 72.0 Å². The van der Waals surface area contributed by atoms with Gasteiger partial charge in [-0.25, -0.2) is 9.78 Å². The molecule has 0 atom stereocenters. The molecular weight excluding hydrogens is 266 g/mol. The fourth-order valence-corrected chi connectivity index (χ4v) is 2.88. The average molecular weight is 293 g/mol. The van der Waals surface area contributed by atoms with Gasteiger partial charge in [-0.05, 0) is 47.5 Å². The quantitative estimate of drug-likeness (QED) is 0.923. The molecule has 0 bridgehead atoms. The van der Waals surface area contributed by atoms with E-state index in [1.54, 1.807) is 0 Å². The summed E-state index contributed by atoms with van der Waals surface area (Å²) in [5, 5.41) is 2.96. The Bertz CT molecular complexity index is 494. The summed E-state index contributed by atoms with van der Waals surface area (Å²) >= 11 is 0. The highest BCUT2D eigenvalue weighted by molar-refractivity contribution is 5.68. The summed E-state index contributed by atoms with van der Waals surface area (Å²) in [6.07, 6.45) is 8.23. The number of hydrogen-bond donors (Lipinski definition) is 1. The molecule has 0 unspecified atom stereocenters. The maximum Gasteiger partial charge on any atom is 0.408 e. The minimum absolute atomic E-state index is 0.397. The zero-order valence-corrected chi connectivity index (χ0v) is 13.8. The van der Waals surface area contributed by atoms with Crippen LogP contribution in [0.5, 0.6) is 0 Å². The fourth-order valence-electron chi connectivity index (χ4n) is 2.88. The van der Waals surface area contributed by atoms with Gasteiger partial charge >= 0.3 is 6.09 Å². The van der Waals surface area contributed by atoms with E-state index in [0.717, 1.165) is 5.69 Å². The van der Waals surface area contributed by atoms with Crippen molar-refractivity contribution in [2.45, 2.75) is 77.5 Å². The molecule has 1 N–H and O–H groups in total. The first-order valence-corrected chi connectivity index (χ1v) is 7.72. The number of alkyl carbamates (subject to hydrolysis) is 1. The standard InChI is InChI=1S/C16H27N3O2/c1-15(2,3)21-14(20)18-16(4,5)13-10-17-11-19(13)12-8-6-7-9-12/h10-12H,6-9H2,1-5H3,(H,18,20). The molecule has 1 amide bonds. The Kier molecular flexibility index (Phi) is 4.30. The maximum absolute atomic E-state index is 12.0. The first kappa shape index (κ1) is 15.9. The van der Waals surface area contributed by atoms with Crippen LogP contribution in [-0.2, 0) is 10.3 Å². The van der Waals surface area contributed by atoms with Crippen LogP contribution in [0.25, 0.3) is 0 Å². The molecule has 0 aliphatic heterocycles. The van der Waals surface area contributed by atoms with Crippen LogP contribution in [-0.4, -0.2) is 21.2 Å². The van der Waals surface area contributed by atoms with Crippen LogP contribution in [0.3, 0.4) is 0 Å². The number of nitrogens with one attached hydrogen (secondary N) is 1. The van der Waals surface area contributed by atoms with Crippen LogP contribution in [0.2, 0.25) is 0 Å². The third-order valence-electron chi connectivity index (χ3n) is 3.84. The van der Waals surface area contributed by atoms with Crippen molar-refractivity contribution in [2.75, 3.05) is 0 Å². The van der Waals surface area contributed by atoms with Gasteiger partial charge in [0.25, 0.3) is 0 Å². The Hall–Kier alpha value is -1.52. The van der Waals surface area contributed by atoms with E-state index < -0.39 is 17.2 Å². The van der Waals surface area contributed by atoms with E-state index in [2.05, 4.69) is 14.9 Å². The molecule has 1 heterocycles. The highest BCUT2D eigenvalue weighted by atomic mass is 16.6. The van der Waals surface area contributed by atoms with Crippen LogP contribution in [0.15, 0.2) is 12.5 Å². The van der Waals surface area contributed by atoms with Crippen LogP contribution in [0.4, 0.5) is 4.79 Å². The second-order valence-electron chi connectivity index (χ2n) is 7.38. The zero-order valence-electron chi connectivity index (χ0n) is 13.8. The molecule has 5 nitrogen and oxygen atoms in total. The van der Waals surface area contributed by atoms with E-state index in [4.69, 9.17) is 4.74 Å². The second kappa shape index (κ2) is 5.70. The molecule has 2 rings (SSSR count). The normalized spacial score (nSPS) is 17.0. The Labute approximate surface area is 127 Å². The third-order valence-corrected chi connectivity index (χ3v) is 3.84. The van der Waals surface area contributed by atoms with Crippen LogP contribution in [0, 0.1) is 0 Å². The topological polar surface area (TPSA) is 56.1 Å². The van der Waals surface area contributed by atoms with E-state index in [1.165, 1.54) is 25.7 Å². The minimum atomic E-state index is -0.512. The molecule has 0 saturated heterocycles. The summed E-state index contributed by atoms with van der Waals surface area (Å²) in [4.78, 5) is 16.3.